The second-order valence-electron chi connectivity index (χ2n) is 10.0. The van der Waals surface area contributed by atoms with E-state index in [-0.39, 0.29) is 6.10 Å². The van der Waals surface area contributed by atoms with Gasteiger partial charge in [-0.05, 0) is 98.2 Å². The third-order valence-electron chi connectivity index (χ3n) is 9.42. The maximum atomic E-state index is 10.2. The van der Waals surface area contributed by atoms with Crippen molar-refractivity contribution >= 4 is 0 Å². The predicted octanol–water partition coefficient (Wildman–Crippen LogP) is 9.05. The first-order valence-electron chi connectivity index (χ1n) is 13.9. The van der Waals surface area contributed by atoms with Gasteiger partial charge in [0.25, 0.3) is 0 Å². The van der Waals surface area contributed by atoms with Crippen molar-refractivity contribution in [3.8, 4) is 0 Å². The van der Waals surface area contributed by atoms with Gasteiger partial charge in [0.15, 0.2) is 0 Å². The standard InChI is InChI=1S/C23H38O.3C2H6/c1-4-6-16-8-10-20-19-9-7-17-15-18(24)11-14-23(17,5-2)21(19)12-13-22(16,20)3;3*1-2/h5,16-21,24H,2,4,6-15H2,1,3H3;3*1-2H3. The van der Waals surface area contributed by atoms with Gasteiger partial charge in [-0.25, -0.2) is 0 Å². The zero-order chi connectivity index (χ0) is 22.9. The van der Waals surface area contributed by atoms with Gasteiger partial charge in [-0.3, -0.25) is 0 Å². The lowest BCUT2D eigenvalue weighted by molar-refractivity contribution is -0.112. The van der Waals surface area contributed by atoms with Crippen LogP contribution < -0.4 is 0 Å². The highest BCUT2D eigenvalue weighted by Gasteiger charge is 2.60. The highest BCUT2D eigenvalue weighted by atomic mass is 16.3. The van der Waals surface area contributed by atoms with E-state index in [0.29, 0.717) is 16.7 Å². The fourth-order valence-corrected chi connectivity index (χ4v) is 8.26. The lowest BCUT2D eigenvalue weighted by atomic mass is 9.44. The number of fused-ring (bicyclic) bond motifs is 5. The molecule has 0 aromatic heterocycles. The van der Waals surface area contributed by atoms with Gasteiger partial charge >= 0.3 is 0 Å². The zero-order valence-electron chi connectivity index (χ0n) is 22.0. The summed E-state index contributed by atoms with van der Waals surface area (Å²) in [6.45, 7) is 21.4. The van der Waals surface area contributed by atoms with Gasteiger partial charge in [-0.1, -0.05) is 74.3 Å². The summed E-state index contributed by atoms with van der Waals surface area (Å²) in [6, 6.07) is 0. The van der Waals surface area contributed by atoms with E-state index in [2.05, 4.69) is 26.5 Å². The molecule has 1 N–H and O–H groups in total. The molecule has 0 radical (unpaired) electrons. The molecule has 4 aliphatic carbocycles. The highest BCUT2D eigenvalue weighted by Crippen LogP contribution is 2.68. The van der Waals surface area contributed by atoms with Crippen LogP contribution in [0.5, 0.6) is 0 Å². The molecule has 0 spiro atoms. The first-order valence-corrected chi connectivity index (χ1v) is 13.9. The fraction of sp³-hybridized carbons (Fsp3) is 0.931. The molecular weight excluding hydrogens is 364 g/mol. The first-order chi connectivity index (χ1) is 14.5. The molecule has 1 nitrogen and oxygen atoms in total. The van der Waals surface area contributed by atoms with E-state index in [1.807, 2.05) is 41.5 Å². The van der Waals surface area contributed by atoms with Gasteiger partial charge in [0.1, 0.15) is 0 Å². The van der Waals surface area contributed by atoms with Gasteiger partial charge < -0.3 is 5.11 Å². The van der Waals surface area contributed by atoms with Gasteiger partial charge in [-0.2, -0.15) is 0 Å². The molecule has 8 unspecified atom stereocenters. The Hall–Kier alpha value is -0.300. The SMILES string of the molecule is C=CC12CCC(O)CC1CCC1C3CCC(CCC)C3(C)CCC12.CC.CC.CC. The largest absolute Gasteiger partial charge is 0.393 e. The molecule has 0 bridgehead atoms. The summed E-state index contributed by atoms with van der Waals surface area (Å²) < 4.78 is 0. The molecule has 0 heterocycles. The summed E-state index contributed by atoms with van der Waals surface area (Å²) in [5.74, 6) is 4.46. The molecule has 8 atom stereocenters. The van der Waals surface area contributed by atoms with Gasteiger partial charge in [0.2, 0.25) is 0 Å². The summed E-state index contributed by atoms with van der Waals surface area (Å²) in [5, 5.41) is 10.2. The van der Waals surface area contributed by atoms with Crippen LogP contribution in [0.4, 0.5) is 0 Å². The van der Waals surface area contributed by atoms with Crippen LogP contribution in [0.3, 0.4) is 0 Å². The number of aliphatic hydroxyl groups excluding tert-OH is 1. The van der Waals surface area contributed by atoms with E-state index in [1.165, 1.54) is 57.8 Å². The minimum absolute atomic E-state index is 0.0473. The Balaban J connectivity index is 0.000000691. The Labute approximate surface area is 190 Å². The van der Waals surface area contributed by atoms with Crippen molar-refractivity contribution in [2.75, 3.05) is 0 Å². The monoisotopic (exact) mass is 420 g/mol. The molecule has 0 aliphatic heterocycles. The summed E-state index contributed by atoms with van der Waals surface area (Å²) in [5.41, 5.74) is 0.979. The summed E-state index contributed by atoms with van der Waals surface area (Å²) in [4.78, 5) is 0. The molecule has 0 amide bonds. The van der Waals surface area contributed by atoms with Crippen LogP contribution in [0.25, 0.3) is 0 Å². The number of rotatable bonds is 3. The molecule has 4 saturated carbocycles. The van der Waals surface area contributed by atoms with E-state index < -0.39 is 0 Å². The van der Waals surface area contributed by atoms with E-state index in [0.717, 1.165) is 36.5 Å². The van der Waals surface area contributed by atoms with Crippen LogP contribution in [0, 0.1) is 40.4 Å². The van der Waals surface area contributed by atoms with Crippen LogP contribution in [0.1, 0.15) is 126 Å². The Morgan fingerprint density at radius 3 is 2.13 bits per heavy atom. The minimum Gasteiger partial charge on any atom is -0.393 e. The first kappa shape index (κ1) is 27.7. The maximum Gasteiger partial charge on any atom is 0.0543 e. The second kappa shape index (κ2) is 12.7. The van der Waals surface area contributed by atoms with Crippen LogP contribution in [0.2, 0.25) is 0 Å². The van der Waals surface area contributed by atoms with Crippen LogP contribution in [-0.2, 0) is 0 Å². The number of hydrogen-bond donors (Lipinski definition) is 1. The van der Waals surface area contributed by atoms with Crippen molar-refractivity contribution in [1.29, 1.82) is 0 Å². The predicted molar refractivity (Wildman–Crippen MR) is 135 cm³/mol. The van der Waals surface area contributed by atoms with Crippen molar-refractivity contribution in [2.24, 2.45) is 40.4 Å². The summed E-state index contributed by atoms with van der Waals surface area (Å²) >= 11 is 0. The molecule has 4 aliphatic rings. The Bertz CT molecular complexity index is 485. The summed E-state index contributed by atoms with van der Waals surface area (Å²) in [6.07, 6.45) is 17.0. The molecule has 0 aromatic rings. The lowest BCUT2D eigenvalue weighted by Crippen LogP contribution is -2.54. The van der Waals surface area contributed by atoms with Crippen LogP contribution in [0.15, 0.2) is 12.7 Å². The molecular formula is C29H56O. The molecule has 30 heavy (non-hydrogen) atoms. The zero-order valence-corrected chi connectivity index (χ0v) is 22.0. The van der Waals surface area contributed by atoms with Gasteiger partial charge in [0.05, 0.1) is 6.10 Å². The van der Waals surface area contributed by atoms with E-state index in [4.69, 9.17) is 0 Å². The lowest BCUT2D eigenvalue weighted by Gasteiger charge is -2.61. The molecule has 4 fully saturated rings. The normalized spacial score (nSPS) is 43.6. The highest BCUT2D eigenvalue weighted by molar-refractivity contribution is 5.14. The van der Waals surface area contributed by atoms with Crippen LogP contribution >= 0.6 is 0 Å². The molecule has 0 aromatic carbocycles. The quantitative estimate of drug-likeness (QED) is 0.451. The van der Waals surface area contributed by atoms with E-state index in [1.54, 1.807) is 0 Å². The van der Waals surface area contributed by atoms with Crippen molar-refractivity contribution in [1.82, 2.24) is 0 Å². The third kappa shape index (κ3) is 4.87. The molecule has 0 saturated heterocycles. The average molecular weight is 421 g/mol. The third-order valence-corrected chi connectivity index (χ3v) is 9.42. The van der Waals surface area contributed by atoms with E-state index in [9.17, 15) is 5.11 Å². The van der Waals surface area contributed by atoms with Crippen molar-refractivity contribution in [3.63, 3.8) is 0 Å². The maximum absolute atomic E-state index is 10.2. The second-order valence-corrected chi connectivity index (χ2v) is 10.0. The van der Waals surface area contributed by atoms with Crippen LogP contribution in [-0.4, -0.2) is 11.2 Å². The number of aliphatic hydroxyl groups is 1. The molecule has 4 rings (SSSR count). The number of hydrogen-bond acceptors (Lipinski definition) is 1. The van der Waals surface area contributed by atoms with Crippen molar-refractivity contribution in [3.05, 3.63) is 12.7 Å². The topological polar surface area (TPSA) is 20.2 Å². The Kier molecular flexibility index (Phi) is 11.7. The fourth-order valence-electron chi connectivity index (χ4n) is 8.26. The average Bonchev–Trinajstić information content (AvgIpc) is 3.14. The Morgan fingerprint density at radius 2 is 1.53 bits per heavy atom. The van der Waals surface area contributed by atoms with E-state index >= 15 is 0 Å². The number of allylic oxidation sites excluding steroid dienone is 1. The van der Waals surface area contributed by atoms with Gasteiger partial charge in [0, 0.05) is 0 Å². The molecule has 178 valence electrons. The Morgan fingerprint density at radius 1 is 0.867 bits per heavy atom. The summed E-state index contributed by atoms with van der Waals surface area (Å²) in [7, 11) is 0. The van der Waals surface area contributed by atoms with Crippen molar-refractivity contribution in [2.45, 2.75) is 132 Å². The van der Waals surface area contributed by atoms with Gasteiger partial charge in [-0.15, -0.1) is 6.58 Å². The minimum atomic E-state index is -0.0473. The smallest absolute Gasteiger partial charge is 0.0543 e. The molecule has 1 heteroatoms. The van der Waals surface area contributed by atoms with Crippen molar-refractivity contribution < 1.29 is 5.11 Å².